The molecular formula is C17H19Cl2N3O3. The number of likely N-dealkylation sites (N-methyl/N-ethyl adjacent to an activating group) is 1. The lowest BCUT2D eigenvalue weighted by Gasteiger charge is -2.18. The van der Waals surface area contributed by atoms with E-state index in [9.17, 15) is 9.59 Å². The number of carbonyl (C=O) groups is 2. The number of anilines is 1. The monoisotopic (exact) mass is 383 g/mol. The lowest BCUT2D eigenvalue weighted by molar-refractivity contribution is -0.123. The molecule has 1 atom stereocenters. The summed E-state index contributed by atoms with van der Waals surface area (Å²) >= 11 is 12.0. The van der Waals surface area contributed by atoms with E-state index in [1.54, 1.807) is 48.5 Å². The number of nitrogens with zero attached hydrogens (tertiary/aromatic N) is 1. The first-order valence-electron chi connectivity index (χ1n) is 7.62. The third-order valence-corrected chi connectivity index (χ3v) is 4.03. The van der Waals surface area contributed by atoms with Crippen LogP contribution in [0.1, 0.15) is 18.7 Å². The second-order valence-electron chi connectivity index (χ2n) is 5.62. The molecule has 0 bridgehead atoms. The van der Waals surface area contributed by atoms with Crippen molar-refractivity contribution in [2.45, 2.75) is 13.0 Å². The highest BCUT2D eigenvalue weighted by atomic mass is 35.5. The van der Waals surface area contributed by atoms with Gasteiger partial charge in [-0.2, -0.15) is 0 Å². The smallest absolute Gasteiger partial charge is 0.238 e. The largest absolute Gasteiger partial charge is 0.467 e. The van der Waals surface area contributed by atoms with Gasteiger partial charge in [-0.25, -0.2) is 0 Å². The Morgan fingerprint density at radius 3 is 2.36 bits per heavy atom. The summed E-state index contributed by atoms with van der Waals surface area (Å²) in [4.78, 5) is 25.7. The molecule has 0 radical (unpaired) electrons. The summed E-state index contributed by atoms with van der Waals surface area (Å²) in [7, 11) is 1.67. The maximum atomic E-state index is 12.1. The summed E-state index contributed by atoms with van der Waals surface area (Å²) in [5.41, 5.74) is 0.361. The lowest BCUT2D eigenvalue weighted by atomic mass is 10.2. The molecule has 0 aliphatic rings. The zero-order valence-electron chi connectivity index (χ0n) is 13.9. The first-order chi connectivity index (χ1) is 11.9. The van der Waals surface area contributed by atoms with E-state index in [4.69, 9.17) is 27.6 Å². The minimum atomic E-state index is -0.315. The molecule has 0 aliphatic heterocycles. The summed E-state index contributed by atoms with van der Waals surface area (Å²) in [6.07, 6.45) is 1.55. The van der Waals surface area contributed by atoms with Gasteiger partial charge >= 0.3 is 0 Å². The van der Waals surface area contributed by atoms with E-state index in [0.29, 0.717) is 21.5 Å². The molecule has 2 N–H and O–H groups in total. The average Bonchev–Trinajstić information content (AvgIpc) is 3.05. The van der Waals surface area contributed by atoms with Crippen LogP contribution >= 0.6 is 23.2 Å². The highest BCUT2D eigenvalue weighted by molar-refractivity contribution is 6.39. The topological polar surface area (TPSA) is 74.6 Å². The molecule has 0 saturated carbocycles. The molecular weight excluding hydrogens is 365 g/mol. The molecule has 1 heterocycles. The Morgan fingerprint density at radius 1 is 1.12 bits per heavy atom. The van der Waals surface area contributed by atoms with Crippen LogP contribution in [0.4, 0.5) is 5.69 Å². The van der Waals surface area contributed by atoms with Crippen molar-refractivity contribution in [3.8, 4) is 0 Å². The summed E-state index contributed by atoms with van der Waals surface area (Å²) in [6.45, 7) is 1.90. The van der Waals surface area contributed by atoms with Gasteiger partial charge < -0.3 is 15.1 Å². The van der Waals surface area contributed by atoms with Crippen LogP contribution < -0.4 is 10.6 Å². The molecule has 0 aliphatic carbocycles. The fourth-order valence-electron chi connectivity index (χ4n) is 2.24. The van der Waals surface area contributed by atoms with Crippen molar-refractivity contribution >= 4 is 40.7 Å². The number of halogens is 2. The number of furan rings is 1. The highest BCUT2D eigenvalue weighted by Gasteiger charge is 2.16. The average molecular weight is 384 g/mol. The van der Waals surface area contributed by atoms with Gasteiger partial charge in [-0.05, 0) is 38.2 Å². The van der Waals surface area contributed by atoms with Crippen LogP contribution in [0.3, 0.4) is 0 Å². The van der Waals surface area contributed by atoms with E-state index in [2.05, 4.69) is 10.6 Å². The second kappa shape index (κ2) is 8.89. The van der Waals surface area contributed by atoms with Crippen LogP contribution in [0.2, 0.25) is 10.0 Å². The predicted octanol–water partition coefficient (Wildman–Crippen LogP) is 3.33. The van der Waals surface area contributed by atoms with Crippen molar-refractivity contribution in [1.82, 2.24) is 10.2 Å². The molecule has 134 valence electrons. The number of carbonyl (C=O) groups excluding carboxylic acids is 2. The fourth-order valence-corrected chi connectivity index (χ4v) is 2.73. The summed E-state index contributed by atoms with van der Waals surface area (Å²) < 4.78 is 5.24. The molecule has 0 fully saturated rings. The third-order valence-electron chi connectivity index (χ3n) is 3.40. The Morgan fingerprint density at radius 2 is 1.76 bits per heavy atom. The van der Waals surface area contributed by atoms with Crippen molar-refractivity contribution in [2.75, 3.05) is 25.5 Å². The van der Waals surface area contributed by atoms with Crippen LogP contribution in [0.15, 0.2) is 41.0 Å². The number of para-hydroxylation sites is 1. The van der Waals surface area contributed by atoms with Crippen molar-refractivity contribution in [2.24, 2.45) is 0 Å². The molecule has 2 rings (SSSR count). The minimum Gasteiger partial charge on any atom is -0.467 e. The SMILES string of the molecule is C[C@H](NC(=O)CN(C)CC(=O)Nc1c(Cl)cccc1Cl)c1ccco1. The number of hydrogen-bond donors (Lipinski definition) is 2. The fraction of sp³-hybridized carbons (Fsp3) is 0.294. The molecule has 0 saturated heterocycles. The van der Waals surface area contributed by atoms with Crippen LogP contribution in [-0.4, -0.2) is 36.9 Å². The Balaban J connectivity index is 1.82. The molecule has 0 unspecified atom stereocenters. The van der Waals surface area contributed by atoms with E-state index in [1.807, 2.05) is 6.92 Å². The summed E-state index contributed by atoms with van der Waals surface area (Å²) in [5, 5.41) is 6.17. The number of rotatable bonds is 7. The lowest BCUT2D eigenvalue weighted by Crippen LogP contribution is -2.39. The molecule has 8 heteroatoms. The molecule has 2 amide bonds. The minimum absolute atomic E-state index is 0.0180. The van der Waals surface area contributed by atoms with E-state index < -0.39 is 0 Å². The molecule has 0 spiro atoms. The van der Waals surface area contributed by atoms with Gasteiger partial charge in [-0.3, -0.25) is 14.5 Å². The van der Waals surface area contributed by atoms with Crippen molar-refractivity contribution in [3.63, 3.8) is 0 Å². The molecule has 6 nitrogen and oxygen atoms in total. The Kier molecular flexibility index (Phi) is 6.87. The van der Waals surface area contributed by atoms with Crippen LogP contribution in [-0.2, 0) is 9.59 Å². The van der Waals surface area contributed by atoms with Gasteiger partial charge in [0.25, 0.3) is 0 Å². The van der Waals surface area contributed by atoms with Gasteiger partial charge in [0, 0.05) is 0 Å². The van der Waals surface area contributed by atoms with Crippen molar-refractivity contribution < 1.29 is 14.0 Å². The van der Waals surface area contributed by atoms with Crippen molar-refractivity contribution in [1.29, 1.82) is 0 Å². The van der Waals surface area contributed by atoms with Gasteiger partial charge in [-0.1, -0.05) is 29.3 Å². The van der Waals surface area contributed by atoms with E-state index in [1.165, 1.54) is 0 Å². The Hall–Kier alpha value is -2.02. The number of amides is 2. The number of hydrogen-bond acceptors (Lipinski definition) is 4. The quantitative estimate of drug-likeness (QED) is 0.768. The zero-order valence-corrected chi connectivity index (χ0v) is 15.4. The van der Waals surface area contributed by atoms with E-state index in [0.717, 1.165) is 0 Å². The molecule has 2 aromatic rings. The maximum absolute atomic E-state index is 12.1. The first kappa shape index (κ1) is 19.3. The molecule has 1 aromatic heterocycles. The van der Waals surface area contributed by atoms with Crippen LogP contribution in [0, 0.1) is 0 Å². The van der Waals surface area contributed by atoms with Gasteiger partial charge in [0.2, 0.25) is 11.8 Å². The Bertz CT molecular complexity index is 714. The Labute approximate surface area is 156 Å². The normalized spacial score (nSPS) is 12.0. The zero-order chi connectivity index (χ0) is 18.4. The number of nitrogens with one attached hydrogen (secondary N) is 2. The summed E-state index contributed by atoms with van der Waals surface area (Å²) in [6, 6.07) is 8.26. The van der Waals surface area contributed by atoms with Gasteiger partial charge in [0.1, 0.15) is 5.76 Å². The molecule has 25 heavy (non-hydrogen) atoms. The predicted molar refractivity (Wildman–Crippen MR) is 97.9 cm³/mol. The third kappa shape index (κ3) is 5.77. The van der Waals surface area contributed by atoms with Gasteiger partial charge in [-0.15, -0.1) is 0 Å². The molecule has 1 aromatic carbocycles. The van der Waals surface area contributed by atoms with Gasteiger partial charge in [0.15, 0.2) is 0 Å². The standard InChI is InChI=1S/C17H19Cl2N3O3/c1-11(14-7-4-8-25-14)20-15(23)9-22(2)10-16(24)21-17-12(18)5-3-6-13(17)19/h3-8,11H,9-10H2,1-2H3,(H,20,23)(H,21,24)/t11-/m0/s1. The maximum Gasteiger partial charge on any atom is 0.238 e. The summed E-state index contributed by atoms with van der Waals surface area (Å²) in [5.74, 6) is 0.140. The van der Waals surface area contributed by atoms with Crippen LogP contribution in [0.5, 0.6) is 0 Å². The van der Waals surface area contributed by atoms with E-state index >= 15 is 0 Å². The number of benzene rings is 1. The van der Waals surface area contributed by atoms with Gasteiger partial charge in [0.05, 0.1) is 41.1 Å². The van der Waals surface area contributed by atoms with E-state index in [-0.39, 0.29) is 30.9 Å². The first-order valence-corrected chi connectivity index (χ1v) is 8.37. The highest BCUT2D eigenvalue weighted by Crippen LogP contribution is 2.29. The second-order valence-corrected chi connectivity index (χ2v) is 6.44. The van der Waals surface area contributed by atoms with Crippen LogP contribution in [0.25, 0.3) is 0 Å². The van der Waals surface area contributed by atoms with Crippen molar-refractivity contribution in [3.05, 3.63) is 52.4 Å².